The third-order valence-corrected chi connectivity index (χ3v) is 6.61. The molecule has 37 heavy (non-hydrogen) atoms. The van der Waals surface area contributed by atoms with Crippen LogP contribution in [-0.4, -0.2) is 44.3 Å². The van der Waals surface area contributed by atoms with Crippen LogP contribution in [0.2, 0.25) is 5.02 Å². The van der Waals surface area contributed by atoms with Gasteiger partial charge in [0.1, 0.15) is 11.9 Å². The number of benzene rings is 1. The van der Waals surface area contributed by atoms with Crippen molar-refractivity contribution in [2.24, 2.45) is 10.9 Å². The lowest BCUT2D eigenvalue weighted by Gasteiger charge is -2.32. The molecule has 0 radical (unpaired) electrons. The molecule has 7 nitrogen and oxygen atoms in total. The monoisotopic (exact) mass is 526 g/mol. The van der Waals surface area contributed by atoms with E-state index in [-0.39, 0.29) is 12.4 Å². The van der Waals surface area contributed by atoms with Gasteiger partial charge in [0.25, 0.3) is 0 Å². The maximum atomic E-state index is 13.4. The van der Waals surface area contributed by atoms with Crippen LogP contribution in [0.15, 0.2) is 82.5 Å². The molecule has 11 heteroatoms. The predicted molar refractivity (Wildman–Crippen MR) is 137 cm³/mol. The largest absolute Gasteiger partial charge is 0.409 e. The van der Waals surface area contributed by atoms with Gasteiger partial charge in [-0.15, -0.1) is 5.10 Å². The SMILES string of the molecule is CN=C1NC(C(F)(F)F)C(C)C=C1Cn1nc2c(-c3ccncc3)c(-c3ccc(Cl)cc3)ccn2c1=O. The first kappa shape index (κ1) is 24.8. The highest BCUT2D eigenvalue weighted by molar-refractivity contribution is 6.30. The normalized spacial score (nSPS) is 19.2. The highest BCUT2D eigenvalue weighted by Gasteiger charge is 2.45. The number of nitrogens with zero attached hydrogens (tertiary/aromatic N) is 5. The van der Waals surface area contributed by atoms with E-state index in [0.29, 0.717) is 21.8 Å². The molecule has 0 spiro atoms. The number of fused-ring (bicyclic) bond motifs is 1. The van der Waals surface area contributed by atoms with E-state index in [1.54, 1.807) is 30.7 Å². The first-order valence-electron chi connectivity index (χ1n) is 11.5. The Morgan fingerprint density at radius 3 is 2.43 bits per heavy atom. The van der Waals surface area contributed by atoms with Crippen LogP contribution in [0.25, 0.3) is 27.9 Å². The van der Waals surface area contributed by atoms with Gasteiger partial charge in [-0.3, -0.25) is 9.98 Å². The Morgan fingerprint density at radius 2 is 1.78 bits per heavy atom. The molecule has 4 heterocycles. The van der Waals surface area contributed by atoms with Crippen molar-refractivity contribution in [1.82, 2.24) is 24.5 Å². The molecule has 0 bridgehead atoms. The van der Waals surface area contributed by atoms with Crippen LogP contribution in [0.3, 0.4) is 0 Å². The second-order valence-corrected chi connectivity index (χ2v) is 9.20. The molecule has 1 aromatic carbocycles. The molecule has 4 aromatic rings. The summed E-state index contributed by atoms with van der Waals surface area (Å²) in [4.78, 5) is 21.4. The number of pyridine rings is 2. The summed E-state index contributed by atoms with van der Waals surface area (Å²) in [6.45, 7) is 1.44. The summed E-state index contributed by atoms with van der Waals surface area (Å²) < 4.78 is 43.0. The van der Waals surface area contributed by atoms with Crippen LogP contribution < -0.4 is 11.0 Å². The number of nitrogens with one attached hydrogen (secondary N) is 1. The molecule has 1 aliphatic rings. The fourth-order valence-corrected chi connectivity index (χ4v) is 4.72. The standard InChI is InChI=1S/C26H22ClF3N6O/c1-15-13-18(23(31-2)33-22(15)26(28,29)30)14-36-25(37)35-12-9-20(16-3-5-19(27)6-4-16)21(24(35)34-36)17-7-10-32-11-8-17/h3-13,15,22H,14H2,1-2H3,(H,31,33). The summed E-state index contributed by atoms with van der Waals surface area (Å²) in [7, 11) is 1.41. The minimum atomic E-state index is -4.44. The van der Waals surface area contributed by atoms with E-state index in [4.69, 9.17) is 11.6 Å². The number of halogens is 4. The maximum Gasteiger partial charge on any atom is 0.409 e. The first-order valence-corrected chi connectivity index (χ1v) is 11.8. The molecular formula is C26H22ClF3N6O. The molecule has 5 rings (SSSR count). The van der Waals surface area contributed by atoms with Crippen molar-refractivity contribution >= 4 is 23.1 Å². The average molecular weight is 527 g/mol. The van der Waals surface area contributed by atoms with Gasteiger partial charge in [-0.1, -0.05) is 36.7 Å². The number of aliphatic imine (C=N–C) groups is 1. The Kier molecular flexibility index (Phi) is 6.36. The van der Waals surface area contributed by atoms with Crippen LogP contribution in [0.4, 0.5) is 13.2 Å². The van der Waals surface area contributed by atoms with Crippen molar-refractivity contribution in [3.63, 3.8) is 0 Å². The third kappa shape index (κ3) is 4.64. The summed E-state index contributed by atoms with van der Waals surface area (Å²) in [6.07, 6.45) is 2.01. The minimum Gasteiger partial charge on any atom is -0.358 e. The molecule has 0 saturated heterocycles. The van der Waals surface area contributed by atoms with Crippen molar-refractivity contribution in [3.8, 4) is 22.3 Å². The zero-order valence-electron chi connectivity index (χ0n) is 19.9. The Bertz CT molecular complexity index is 1570. The molecular weight excluding hydrogens is 505 g/mol. The van der Waals surface area contributed by atoms with Crippen LogP contribution >= 0.6 is 11.6 Å². The van der Waals surface area contributed by atoms with E-state index in [0.717, 1.165) is 16.7 Å². The van der Waals surface area contributed by atoms with Crippen LogP contribution in [0.1, 0.15) is 6.92 Å². The first-order chi connectivity index (χ1) is 17.7. The van der Waals surface area contributed by atoms with Gasteiger partial charge in [-0.2, -0.15) is 13.2 Å². The molecule has 0 fully saturated rings. The molecule has 190 valence electrons. The molecule has 3 aromatic heterocycles. The van der Waals surface area contributed by atoms with Crippen LogP contribution in [-0.2, 0) is 6.54 Å². The second-order valence-electron chi connectivity index (χ2n) is 8.77. The highest BCUT2D eigenvalue weighted by atomic mass is 35.5. The molecule has 0 amide bonds. The van der Waals surface area contributed by atoms with Gasteiger partial charge in [-0.25, -0.2) is 13.9 Å². The molecule has 0 saturated carbocycles. The number of hydrogen-bond acceptors (Lipinski definition) is 4. The quantitative estimate of drug-likeness (QED) is 0.406. The van der Waals surface area contributed by atoms with Crippen LogP contribution in [0, 0.1) is 5.92 Å². The number of hydrogen-bond donors (Lipinski definition) is 1. The van der Waals surface area contributed by atoms with Crippen molar-refractivity contribution in [1.29, 1.82) is 0 Å². The molecule has 2 unspecified atom stereocenters. The second kappa shape index (κ2) is 9.51. The minimum absolute atomic E-state index is 0.0405. The lowest BCUT2D eigenvalue weighted by molar-refractivity contribution is -0.159. The van der Waals surface area contributed by atoms with E-state index in [2.05, 4.69) is 20.4 Å². The number of rotatable bonds is 4. The highest BCUT2D eigenvalue weighted by Crippen LogP contribution is 2.35. The molecule has 1 N–H and O–H groups in total. The zero-order chi connectivity index (χ0) is 26.3. The molecule has 2 atom stereocenters. The fourth-order valence-electron chi connectivity index (χ4n) is 4.60. The van der Waals surface area contributed by atoms with Crippen LogP contribution in [0.5, 0.6) is 0 Å². The van der Waals surface area contributed by atoms with E-state index < -0.39 is 23.8 Å². The Labute approximate surface area is 214 Å². The van der Waals surface area contributed by atoms with Gasteiger partial charge in [0, 0.05) is 47.7 Å². The fraction of sp³-hybridized carbons (Fsp3) is 0.231. The third-order valence-electron chi connectivity index (χ3n) is 6.36. The van der Waals surface area contributed by atoms with Gasteiger partial charge >= 0.3 is 11.9 Å². The van der Waals surface area contributed by atoms with E-state index in [1.165, 1.54) is 29.1 Å². The van der Waals surface area contributed by atoms with Crippen molar-refractivity contribution in [2.75, 3.05) is 7.05 Å². The number of alkyl halides is 3. The van der Waals surface area contributed by atoms with E-state index >= 15 is 0 Å². The van der Waals surface area contributed by atoms with Gasteiger partial charge < -0.3 is 5.32 Å². The van der Waals surface area contributed by atoms with Gasteiger partial charge in [-0.05, 0) is 47.0 Å². The zero-order valence-corrected chi connectivity index (χ0v) is 20.6. The smallest absolute Gasteiger partial charge is 0.358 e. The average Bonchev–Trinajstić information content (AvgIpc) is 3.19. The van der Waals surface area contributed by atoms with Crippen molar-refractivity contribution < 1.29 is 13.2 Å². The Morgan fingerprint density at radius 1 is 1.08 bits per heavy atom. The maximum absolute atomic E-state index is 13.4. The Hall–Kier alpha value is -3.92. The topological polar surface area (TPSA) is 76.6 Å². The summed E-state index contributed by atoms with van der Waals surface area (Å²) in [6, 6.07) is 11.1. The van der Waals surface area contributed by atoms with Crippen molar-refractivity contribution in [3.05, 3.63) is 88.2 Å². The molecule has 1 aliphatic heterocycles. The van der Waals surface area contributed by atoms with E-state index in [9.17, 15) is 18.0 Å². The summed E-state index contributed by atoms with van der Waals surface area (Å²) in [5, 5.41) is 7.70. The summed E-state index contributed by atoms with van der Waals surface area (Å²) >= 11 is 6.08. The molecule has 0 aliphatic carbocycles. The number of amidine groups is 1. The number of aromatic nitrogens is 4. The van der Waals surface area contributed by atoms with Gasteiger partial charge in [0.05, 0.1) is 6.54 Å². The van der Waals surface area contributed by atoms with Gasteiger partial charge in [0.15, 0.2) is 5.65 Å². The summed E-state index contributed by atoms with van der Waals surface area (Å²) in [5.74, 6) is -0.766. The lowest BCUT2D eigenvalue weighted by Crippen LogP contribution is -2.52. The summed E-state index contributed by atoms with van der Waals surface area (Å²) in [5.41, 5.74) is 3.69. The van der Waals surface area contributed by atoms with Crippen molar-refractivity contribution in [2.45, 2.75) is 25.7 Å². The predicted octanol–water partition coefficient (Wildman–Crippen LogP) is 5.00. The van der Waals surface area contributed by atoms with E-state index in [1.807, 2.05) is 30.3 Å². The Balaban J connectivity index is 1.64. The van der Waals surface area contributed by atoms with Gasteiger partial charge in [0.2, 0.25) is 0 Å². The lowest BCUT2D eigenvalue weighted by atomic mass is 9.93.